The van der Waals surface area contributed by atoms with Crippen molar-refractivity contribution in [3.05, 3.63) is 59.7 Å². The summed E-state index contributed by atoms with van der Waals surface area (Å²) < 4.78 is 29.5. The van der Waals surface area contributed by atoms with Gasteiger partial charge in [-0.25, -0.2) is 8.42 Å². The molecule has 2 rings (SSSR count). The summed E-state index contributed by atoms with van der Waals surface area (Å²) >= 11 is 0. The van der Waals surface area contributed by atoms with Crippen molar-refractivity contribution in [3.63, 3.8) is 0 Å². The number of aliphatic hydroxyl groups is 1. The van der Waals surface area contributed by atoms with E-state index in [1.165, 1.54) is 5.56 Å². The Hall–Kier alpha value is -1.89. The van der Waals surface area contributed by atoms with Crippen molar-refractivity contribution in [2.75, 3.05) is 19.4 Å². The lowest BCUT2D eigenvalue weighted by molar-refractivity contribution is 0.0534. The predicted octanol–water partition coefficient (Wildman–Crippen LogP) is 3.05. The highest BCUT2D eigenvalue weighted by molar-refractivity contribution is 7.90. The quantitative estimate of drug-likeness (QED) is 0.712. The summed E-state index contributed by atoms with van der Waals surface area (Å²) in [6, 6.07) is 15.3. The van der Waals surface area contributed by atoms with Crippen molar-refractivity contribution < 1.29 is 18.3 Å². The number of nitrogens with zero attached hydrogens (tertiary/aromatic N) is 1. The lowest BCUT2D eigenvalue weighted by atomic mass is 10.1. The Kier molecular flexibility index (Phi) is 7.41. The molecule has 0 aliphatic carbocycles. The van der Waals surface area contributed by atoms with Crippen LogP contribution in [-0.2, 0) is 16.4 Å². The Labute approximate surface area is 162 Å². The highest BCUT2D eigenvalue weighted by Crippen LogP contribution is 2.25. The first-order valence-electron chi connectivity index (χ1n) is 9.06. The molecule has 1 unspecified atom stereocenters. The molecule has 5 nitrogen and oxygen atoms in total. The summed E-state index contributed by atoms with van der Waals surface area (Å²) in [6.07, 6.45) is 0.422. The maximum absolute atomic E-state index is 11.9. The molecule has 0 saturated carbocycles. The van der Waals surface area contributed by atoms with Crippen LogP contribution in [0.1, 0.15) is 25.0 Å². The van der Waals surface area contributed by atoms with Gasteiger partial charge in [0.2, 0.25) is 0 Å². The molecule has 0 radical (unpaired) electrons. The highest BCUT2D eigenvalue weighted by Gasteiger charge is 2.19. The summed E-state index contributed by atoms with van der Waals surface area (Å²) in [5.74, 6) is 0.288. The second kappa shape index (κ2) is 9.35. The fourth-order valence-electron chi connectivity index (χ4n) is 2.82. The summed E-state index contributed by atoms with van der Waals surface area (Å²) in [7, 11) is -3.39. The molecule has 2 aromatic rings. The van der Waals surface area contributed by atoms with Gasteiger partial charge in [-0.1, -0.05) is 36.4 Å². The molecule has 0 bridgehead atoms. The zero-order valence-electron chi connectivity index (χ0n) is 16.4. The smallest absolute Gasteiger partial charge is 0.179 e. The Morgan fingerprint density at radius 1 is 1.11 bits per heavy atom. The average Bonchev–Trinajstić information content (AvgIpc) is 2.59. The number of benzene rings is 2. The van der Waals surface area contributed by atoms with Crippen molar-refractivity contribution in [2.24, 2.45) is 0 Å². The zero-order chi connectivity index (χ0) is 20.0. The van der Waals surface area contributed by atoms with Crippen LogP contribution in [0.3, 0.4) is 0 Å². The third kappa shape index (κ3) is 6.65. The van der Waals surface area contributed by atoms with Crippen molar-refractivity contribution in [3.8, 4) is 5.75 Å². The lowest BCUT2D eigenvalue weighted by Gasteiger charge is -2.29. The molecule has 0 fully saturated rings. The topological polar surface area (TPSA) is 66.8 Å². The molecule has 2 aromatic carbocycles. The van der Waals surface area contributed by atoms with Crippen LogP contribution in [0.5, 0.6) is 5.75 Å². The first-order valence-corrected chi connectivity index (χ1v) is 11.0. The maximum Gasteiger partial charge on any atom is 0.179 e. The Morgan fingerprint density at radius 2 is 1.78 bits per heavy atom. The monoisotopic (exact) mass is 391 g/mol. The summed E-state index contributed by atoms with van der Waals surface area (Å²) in [4.78, 5) is 2.31. The molecule has 0 spiro atoms. The van der Waals surface area contributed by atoms with Crippen molar-refractivity contribution >= 4 is 9.84 Å². The Bertz CT molecular complexity index is 835. The molecule has 1 N–H and O–H groups in total. The van der Waals surface area contributed by atoms with Gasteiger partial charge in [-0.3, -0.25) is 4.90 Å². The summed E-state index contributed by atoms with van der Waals surface area (Å²) in [6.45, 7) is 7.23. The van der Waals surface area contributed by atoms with E-state index in [9.17, 15) is 13.5 Å². The molecule has 0 heterocycles. The van der Waals surface area contributed by atoms with Gasteiger partial charge in [-0.2, -0.15) is 0 Å². The average molecular weight is 392 g/mol. The number of sulfone groups is 1. The fraction of sp³-hybridized carbons (Fsp3) is 0.429. The SMILES string of the molecule is Cc1ccc(S(C)(=O)=O)c(OCC(O)CN(Cc2ccccc2)C(C)C)c1. The van der Waals surface area contributed by atoms with E-state index in [1.807, 2.05) is 25.1 Å². The van der Waals surface area contributed by atoms with Crippen LogP contribution in [0.15, 0.2) is 53.4 Å². The predicted molar refractivity (Wildman–Crippen MR) is 108 cm³/mol. The van der Waals surface area contributed by atoms with E-state index in [1.54, 1.807) is 18.2 Å². The standard InChI is InChI=1S/C21H29NO4S/c1-16(2)22(13-18-8-6-5-7-9-18)14-19(23)15-26-20-12-17(3)10-11-21(20)27(4,24)25/h5-12,16,19,23H,13-15H2,1-4H3. The largest absolute Gasteiger partial charge is 0.489 e. The second-order valence-corrected chi connectivity index (χ2v) is 9.18. The fourth-order valence-corrected chi connectivity index (χ4v) is 3.62. The highest BCUT2D eigenvalue weighted by atomic mass is 32.2. The number of aliphatic hydroxyl groups excluding tert-OH is 1. The third-order valence-electron chi connectivity index (χ3n) is 4.33. The van der Waals surface area contributed by atoms with Gasteiger partial charge in [0, 0.05) is 25.4 Å². The van der Waals surface area contributed by atoms with Gasteiger partial charge in [-0.15, -0.1) is 0 Å². The molecule has 1 atom stereocenters. The summed E-state index contributed by atoms with van der Waals surface area (Å²) in [5, 5.41) is 10.5. The molecule has 27 heavy (non-hydrogen) atoms. The lowest BCUT2D eigenvalue weighted by Crippen LogP contribution is -2.39. The van der Waals surface area contributed by atoms with Crippen LogP contribution in [0.2, 0.25) is 0 Å². The van der Waals surface area contributed by atoms with E-state index in [-0.39, 0.29) is 23.3 Å². The molecule has 0 saturated heterocycles. The Balaban J connectivity index is 2.02. The molecule has 6 heteroatoms. The van der Waals surface area contributed by atoms with Crippen LogP contribution in [0.25, 0.3) is 0 Å². The maximum atomic E-state index is 11.9. The van der Waals surface area contributed by atoms with E-state index >= 15 is 0 Å². The molecule has 0 aromatic heterocycles. The van der Waals surface area contributed by atoms with Crippen molar-refractivity contribution in [2.45, 2.75) is 44.4 Å². The minimum Gasteiger partial charge on any atom is -0.489 e. The van der Waals surface area contributed by atoms with Gasteiger partial charge < -0.3 is 9.84 Å². The van der Waals surface area contributed by atoms with Crippen molar-refractivity contribution in [1.29, 1.82) is 0 Å². The van der Waals surface area contributed by atoms with Gasteiger partial charge in [0.1, 0.15) is 23.4 Å². The zero-order valence-corrected chi connectivity index (χ0v) is 17.2. The van der Waals surface area contributed by atoms with Gasteiger partial charge in [0.05, 0.1) is 0 Å². The molecule has 0 aliphatic rings. The van der Waals surface area contributed by atoms with Crippen LogP contribution >= 0.6 is 0 Å². The third-order valence-corrected chi connectivity index (χ3v) is 5.47. The minimum absolute atomic E-state index is 0.0317. The van der Waals surface area contributed by atoms with Gasteiger partial charge in [-0.05, 0) is 44.0 Å². The van der Waals surface area contributed by atoms with Crippen molar-refractivity contribution in [1.82, 2.24) is 4.90 Å². The molecule has 0 amide bonds. The van der Waals surface area contributed by atoms with E-state index in [0.29, 0.717) is 6.54 Å². The normalized spacial score (nSPS) is 13.1. The van der Waals surface area contributed by atoms with Gasteiger partial charge in [0.15, 0.2) is 9.84 Å². The number of aryl methyl sites for hydroxylation is 1. The Morgan fingerprint density at radius 3 is 2.37 bits per heavy atom. The molecule has 0 aliphatic heterocycles. The van der Waals surface area contributed by atoms with E-state index in [4.69, 9.17) is 4.74 Å². The summed E-state index contributed by atoms with van der Waals surface area (Å²) in [5.41, 5.74) is 2.08. The van der Waals surface area contributed by atoms with Gasteiger partial charge >= 0.3 is 0 Å². The van der Waals surface area contributed by atoms with Crippen LogP contribution in [-0.4, -0.2) is 50.0 Å². The number of rotatable bonds is 9. The second-order valence-electron chi connectivity index (χ2n) is 7.20. The number of ether oxygens (including phenoxy) is 1. The van der Waals surface area contributed by atoms with E-state index < -0.39 is 15.9 Å². The van der Waals surface area contributed by atoms with E-state index in [0.717, 1.165) is 18.4 Å². The first-order chi connectivity index (χ1) is 12.7. The van der Waals surface area contributed by atoms with Crippen LogP contribution in [0.4, 0.5) is 0 Å². The minimum atomic E-state index is -3.39. The van der Waals surface area contributed by atoms with Crippen LogP contribution in [0, 0.1) is 6.92 Å². The molecular formula is C21H29NO4S. The van der Waals surface area contributed by atoms with Gasteiger partial charge in [0.25, 0.3) is 0 Å². The number of hydrogen-bond donors (Lipinski definition) is 1. The van der Waals surface area contributed by atoms with E-state index in [2.05, 4.69) is 30.9 Å². The molecular weight excluding hydrogens is 362 g/mol. The first kappa shape index (κ1) is 21.4. The van der Waals surface area contributed by atoms with Crippen LogP contribution < -0.4 is 4.74 Å². The number of hydrogen-bond acceptors (Lipinski definition) is 5. The molecule has 148 valence electrons.